The van der Waals surface area contributed by atoms with Gasteiger partial charge in [-0.3, -0.25) is 0 Å². The summed E-state index contributed by atoms with van der Waals surface area (Å²) in [6, 6.07) is 9.05. The molecule has 0 fully saturated rings. The molecule has 1 aliphatic rings. The van der Waals surface area contributed by atoms with E-state index in [0.29, 0.717) is 26.3 Å². The van der Waals surface area contributed by atoms with Crippen LogP contribution in [0.1, 0.15) is 53.9 Å². The van der Waals surface area contributed by atoms with Crippen molar-refractivity contribution in [3.05, 3.63) is 55.7 Å². The molecule has 1 unspecified atom stereocenters. The Morgan fingerprint density at radius 3 is 2.77 bits per heavy atom. The van der Waals surface area contributed by atoms with E-state index in [4.69, 9.17) is 25.8 Å². The summed E-state index contributed by atoms with van der Waals surface area (Å²) in [4.78, 5) is 18.2. The van der Waals surface area contributed by atoms with Crippen molar-refractivity contribution in [1.82, 2.24) is 9.55 Å². The maximum absolute atomic E-state index is 12.8. The van der Waals surface area contributed by atoms with Gasteiger partial charge in [-0.05, 0) is 61.0 Å². The van der Waals surface area contributed by atoms with E-state index in [1.54, 1.807) is 6.92 Å². The number of carbonyl (C=O) groups is 1. The minimum absolute atomic E-state index is 0.0385. The zero-order valence-electron chi connectivity index (χ0n) is 17.1. The summed E-state index contributed by atoms with van der Waals surface area (Å²) in [5, 5.41) is 3.53. The third-order valence-corrected chi connectivity index (χ3v) is 6.58. The Hall–Kier alpha value is -2.23. The predicted octanol–water partition coefficient (Wildman–Crippen LogP) is 6.05. The number of aromatic nitrogens is 2. The molecule has 0 aliphatic carbocycles. The fraction of sp³-hybridized carbons (Fsp3) is 0.333. The molecule has 7 nitrogen and oxygen atoms in total. The number of ether oxygens (including phenoxy) is 3. The smallest absolute Gasteiger partial charge is 0.358 e. The Balaban J connectivity index is 1.85. The van der Waals surface area contributed by atoms with Gasteiger partial charge in [0.25, 0.3) is 0 Å². The van der Waals surface area contributed by atoms with Gasteiger partial charge >= 0.3 is 5.97 Å². The number of fused-ring (bicyclic) bond motifs is 1. The fourth-order valence-corrected chi connectivity index (χ4v) is 5.34. The lowest BCUT2D eigenvalue weighted by atomic mass is 10.1. The lowest BCUT2D eigenvalue weighted by molar-refractivity contribution is 0.0518. The maximum atomic E-state index is 12.8. The number of hydrogen-bond donors (Lipinski definition) is 1. The number of anilines is 1. The van der Waals surface area contributed by atoms with Gasteiger partial charge in [-0.2, -0.15) is 0 Å². The SMILES string of the molecule is CCOC(=O)c1nc(Br)n(C(C)C)c1C(Nc1ccc2c(c1)OCO2)c1ccc(Cl)s1. The molecule has 0 amide bonds. The molecule has 2 aromatic heterocycles. The molecule has 164 valence electrons. The quantitative estimate of drug-likeness (QED) is 0.378. The van der Waals surface area contributed by atoms with Gasteiger partial charge in [-0.1, -0.05) is 11.6 Å². The van der Waals surface area contributed by atoms with Crippen molar-refractivity contribution >= 4 is 50.5 Å². The van der Waals surface area contributed by atoms with Gasteiger partial charge in [-0.25, -0.2) is 9.78 Å². The van der Waals surface area contributed by atoms with E-state index >= 15 is 0 Å². The first-order valence-corrected chi connectivity index (χ1v) is 11.7. The van der Waals surface area contributed by atoms with Crippen molar-refractivity contribution in [1.29, 1.82) is 0 Å². The molecule has 3 aromatic rings. The highest BCUT2D eigenvalue weighted by atomic mass is 79.9. The third-order valence-electron chi connectivity index (χ3n) is 4.73. The molecule has 1 atom stereocenters. The molecule has 0 radical (unpaired) electrons. The van der Waals surface area contributed by atoms with Gasteiger partial charge in [0.15, 0.2) is 21.9 Å². The zero-order chi connectivity index (χ0) is 22.1. The molecule has 1 aliphatic heterocycles. The number of hydrogen-bond acceptors (Lipinski definition) is 7. The molecule has 3 heterocycles. The molecule has 1 N–H and O–H groups in total. The average molecular weight is 527 g/mol. The topological polar surface area (TPSA) is 74.6 Å². The first-order valence-electron chi connectivity index (χ1n) is 9.75. The summed E-state index contributed by atoms with van der Waals surface area (Å²) in [5.74, 6) is 0.887. The highest BCUT2D eigenvalue weighted by molar-refractivity contribution is 9.10. The normalized spacial score (nSPS) is 13.5. The summed E-state index contributed by atoms with van der Waals surface area (Å²) in [5.41, 5.74) is 1.75. The number of imidazole rings is 1. The summed E-state index contributed by atoms with van der Waals surface area (Å²) in [6.07, 6.45) is 0. The van der Waals surface area contributed by atoms with Crippen LogP contribution >= 0.6 is 38.9 Å². The monoisotopic (exact) mass is 525 g/mol. The van der Waals surface area contributed by atoms with Crippen molar-refractivity contribution in [3.63, 3.8) is 0 Å². The van der Waals surface area contributed by atoms with Crippen molar-refractivity contribution in [2.24, 2.45) is 0 Å². The Morgan fingerprint density at radius 1 is 1.32 bits per heavy atom. The summed E-state index contributed by atoms with van der Waals surface area (Å²) in [7, 11) is 0. The van der Waals surface area contributed by atoms with E-state index in [2.05, 4.69) is 26.2 Å². The van der Waals surface area contributed by atoms with Crippen LogP contribution in [0, 0.1) is 0 Å². The second-order valence-electron chi connectivity index (χ2n) is 7.09. The minimum Gasteiger partial charge on any atom is -0.461 e. The summed E-state index contributed by atoms with van der Waals surface area (Å²) < 4.78 is 19.4. The number of halogens is 2. The van der Waals surface area contributed by atoms with E-state index in [-0.39, 0.29) is 25.1 Å². The van der Waals surface area contributed by atoms with Crippen molar-refractivity contribution in [2.45, 2.75) is 32.9 Å². The second-order valence-corrected chi connectivity index (χ2v) is 9.54. The number of esters is 1. The molecule has 0 bridgehead atoms. The van der Waals surface area contributed by atoms with Gasteiger partial charge in [0.2, 0.25) is 6.79 Å². The molecular formula is C21H21BrClN3O4S. The van der Waals surface area contributed by atoms with Crippen LogP contribution in [0.15, 0.2) is 35.1 Å². The van der Waals surface area contributed by atoms with Crippen molar-refractivity contribution < 1.29 is 19.0 Å². The average Bonchev–Trinajstić information content (AvgIpc) is 3.44. The van der Waals surface area contributed by atoms with E-state index in [1.165, 1.54) is 11.3 Å². The molecule has 0 saturated heterocycles. The third kappa shape index (κ3) is 4.40. The molecule has 0 spiro atoms. The molecule has 10 heteroatoms. The van der Waals surface area contributed by atoms with Crippen LogP contribution in [-0.4, -0.2) is 28.9 Å². The standard InChI is InChI=1S/C21H21BrClN3O4S/c1-4-28-20(27)18-19(26(11(2)3)21(22)25-18)17(15-7-8-16(23)31-15)24-12-5-6-13-14(9-12)30-10-29-13/h5-9,11,17,24H,4,10H2,1-3H3. The van der Waals surface area contributed by atoms with Crippen LogP contribution in [0.5, 0.6) is 11.5 Å². The lowest BCUT2D eigenvalue weighted by Crippen LogP contribution is -2.21. The second kappa shape index (κ2) is 9.10. The van der Waals surface area contributed by atoms with Gasteiger partial charge in [0.05, 0.1) is 16.6 Å². The number of nitrogens with zero attached hydrogens (tertiary/aromatic N) is 2. The van der Waals surface area contributed by atoms with Crippen LogP contribution in [-0.2, 0) is 4.74 Å². The van der Waals surface area contributed by atoms with Gasteiger partial charge in [-0.15, -0.1) is 11.3 Å². The molecule has 31 heavy (non-hydrogen) atoms. The highest BCUT2D eigenvalue weighted by Gasteiger charge is 2.32. The number of benzene rings is 1. The Labute approximate surface area is 197 Å². The summed E-state index contributed by atoms with van der Waals surface area (Å²) in [6.45, 7) is 6.29. The van der Waals surface area contributed by atoms with Crippen molar-refractivity contribution in [2.75, 3.05) is 18.7 Å². The Bertz CT molecular complexity index is 1110. The number of nitrogens with one attached hydrogen (secondary N) is 1. The van der Waals surface area contributed by atoms with E-state index in [0.717, 1.165) is 10.6 Å². The van der Waals surface area contributed by atoms with E-state index < -0.39 is 12.0 Å². The first-order chi connectivity index (χ1) is 14.9. The largest absolute Gasteiger partial charge is 0.461 e. The molecule has 1 aromatic carbocycles. The molecule has 0 saturated carbocycles. The van der Waals surface area contributed by atoms with Crippen molar-refractivity contribution in [3.8, 4) is 11.5 Å². The minimum atomic E-state index is -0.474. The van der Waals surface area contributed by atoms with Crippen LogP contribution in [0.2, 0.25) is 4.34 Å². The first kappa shape index (κ1) is 22.0. The van der Waals surface area contributed by atoms with Gasteiger partial charge < -0.3 is 24.1 Å². The molecular weight excluding hydrogens is 506 g/mol. The fourth-order valence-electron chi connectivity index (χ4n) is 3.44. The number of carbonyl (C=O) groups excluding carboxylic acids is 1. The highest BCUT2D eigenvalue weighted by Crippen LogP contribution is 2.40. The lowest BCUT2D eigenvalue weighted by Gasteiger charge is -2.24. The van der Waals surface area contributed by atoms with Gasteiger partial charge in [0.1, 0.15) is 6.04 Å². The van der Waals surface area contributed by atoms with Crippen LogP contribution in [0.4, 0.5) is 5.69 Å². The summed E-state index contributed by atoms with van der Waals surface area (Å²) >= 11 is 11.2. The number of thiophene rings is 1. The van der Waals surface area contributed by atoms with E-state index in [1.807, 2.05) is 48.7 Å². The maximum Gasteiger partial charge on any atom is 0.358 e. The van der Waals surface area contributed by atoms with Gasteiger partial charge in [0, 0.05) is 22.7 Å². The van der Waals surface area contributed by atoms with Crippen LogP contribution in [0.25, 0.3) is 0 Å². The number of rotatable bonds is 7. The Kier molecular flexibility index (Phi) is 6.45. The molecule has 4 rings (SSSR count). The van der Waals surface area contributed by atoms with Crippen LogP contribution < -0.4 is 14.8 Å². The zero-order valence-corrected chi connectivity index (χ0v) is 20.3. The van der Waals surface area contributed by atoms with E-state index in [9.17, 15) is 4.79 Å². The Morgan fingerprint density at radius 2 is 2.10 bits per heavy atom. The predicted molar refractivity (Wildman–Crippen MR) is 124 cm³/mol. The van der Waals surface area contributed by atoms with Crippen LogP contribution in [0.3, 0.4) is 0 Å².